The Morgan fingerprint density at radius 2 is 2.00 bits per heavy atom. The van der Waals surface area contributed by atoms with Crippen molar-refractivity contribution in [2.75, 3.05) is 11.1 Å². The number of carbonyl (C=O) groups is 1. The molecule has 164 valence electrons. The van der Waals surface area contributed by atoms with E-state index in [2.05, 4.69) is 17.2 Å². The van der Waals surface area contributed by atoms with E-state index in [1.807, 2.05) is 36.5 Å². The van der Waals surface area contributed by atoms with Gasteiger partial charge in [-0.2, -0.15) is 0 Å². The Bertz CT molecular complexity index is 1300. The number of amides is 1. The van der Waals surface area contributed by atoms with Gasteiger partial charge < -0.3 is 10.3 Å². The lowest BCUT2D eigenvalue weighted by Crippen LogP contribution is -2.24. The van der Waals surface area contributed by atoms with Gasteiger partial charge in [0.05, 0.1) is 5.75 Å². The molecule has 0 aliphatic carbocycles. The van der Waals surface area contributed by atoms with E-state index < -0.39 is 0 Å². The summed E-state index contributed by atoms with van der Waals surface area (Å²) in [6.45, 7) is 2.63. The van der Waals surface area contributed by atoms with Gasteiger partial charge in [-0.25, -0.2) is 4.98 Å². The Morgan fingerprint density at radius 3 is 2.75 bits per heavy atom. The highest BCUT2D eigenvalue weighted by atomic mass is 35.5. The molecule has 1 amide bonds. The van der Waals surface area contributed by atoms with Crippen molar-refractivity contribution in [3.05, 3.63) is 76.2 Å². The summed E-state index contributed by atoms with van der Waals surface area (Å²) in [4.78, 5) is 33.7. The van der Waals surface area contributed by atoms with E-state index in [1.165, 1.54) is 11.8 Å². The first-order valence-electron chi connectivity index (χ1n) is 10.4. The zero-order valence-electron chi connectivity index (χ0n) is 17.6. The predicted molar refractivity (Wildman–Crippen MR) is 132 cm³/mol. The molecule has 2 aromatic carbocycles. The van der Waals surface area contributed by atoms with Crippen molar-refractivity contribution in [3.8, 4) is 11.1 Å². The molecule has 8 heteroatoms. The summed E-state index contributed by atoms with van der Waals surface area (Å²) in [6.07, 6.45) is 3.62. The number of nitrogens with zero attached hydrogens (tertiary/aromatic N) is 2. The van der Waals surface area contributed by atoms with Crippen molar-refractivity contribution < 1.29 is 4.79 Å². The fourth-order valence-corrected chi connectivity index (χ4v) is 4.44. The van der Waals surface area contributed by atoms with Crippen LogP contribution in [0, 0.1) is 0 Å². The van der Waals surface area contributed by atoms with Crippen molar-refractivity contribution >= 4 is 46.0 Å². The molecule has 4 rings (SSSR count). The second kappa shape index (κ2) is 10.1. The molecule has 2 aromatic heterocycles. The summed E-state index contributed by atoms with van der Waals surface area (Å²) >= 11 is 7.25. The zero-order chi connectivity index (χ0) is 22.5. The van der Waals surface area contributed by atoms with Gasteiger partial charge >= 0.3 is 0 Å². The maximum atomic E-state index is 13.2. The van der Waals surface area contributed by atoms with Gasteiger partial charge in [-0.15, -0.1) is 0 Å². The molecule has 0 bridgehead atoms. The van der Waals surface area contributed by atoms with Crippen molar-refractivity contribution in [1.29, 1.82) is 0 Å². The third-order valence-electron chi connectivity index (χ3n) is 5.01. The minimum atomic E-state index is -0.189. The average Bonchev–Trinajstić information content (AvgIpc) is 3.22. The number of anilines is 1. The SMILES string of the molecule is CCCCn1c(SCC(=O)Nc2cccc(Cl)c2)nc2c(-c3ccccc3)c[nH]c2c1=O. The van der Waals surface area contributed by atoms with Gasteiger partial charge in [0.1, 0.15) is 11.0 Å². The van der Waals surface area contributed by atoms with Gasteiger partial charge in [0.2, 0.25) is 5.91 Å². The highest BCUT2D eigenvalue weighted by Gasteiger charge is 2.17. The summed E-state index contributed by atoms with van der Waals surface area (Å²) in [6, 6.07) is 16.8. The highest BCUT2D eigenvalue weighted by molar-refractivity contribution is 7.99. The summed E-state index contributed by atoms with van der Waals surface area (Å²) in [5.41, 5.74) is 3.45. The van der Waals surface area contributed by atoms with E-state index in [0.717, 1.165) is 24.0 Å². The van der Waals surface area contributed by atoms with Crippen molar-refractivity contribution in [2.45, 2.75) is 31.5 Å². The first-order chi connectivity index (χ1) is 15.6. The van der Waals surface area contributed by atoms with E-state index in [0.29, 0.717) is 33.4 Å². The second-order valence-electron chi connectivity index (χ2n) is 7.34. The van der Waals surface area contributed by atoms with Crippen LogP contribution in [0.1, 0.15) is 19.8 Å². The molecule has 0 saturated heterocycles. The van der Waals surface area contributed by atoms with Crippen LogP contribution in [0.15, 0.2) is 70.7 Å². The summed E-state index contributed by atoms with van der Waals surface area (Å²) in [5.74, 6) is -0.0622. The lowest BCUT2D eigenvalue weighted by Gasteiger charge is -2.12. The summed E-state index contributed by atoms with van der Waals surface area (Å²) in [7, 11) is 0. The van der Waals surface area contributed by atoms with Crippen LogP contribution in [0.2, 0.25) is 5.02 Å². The Balaban J connectivity index is 1.65. The van der Waals surface area contributed by atoms with Gasteiger partial charge in [-0.1, -0.05) is 73.1 Å². The number of benzene rings is 2. The molecule has 0 spiro atoms. The molecule has 0 atom stereocenters. The van der Waals surface area contributed by atoms with Gasteiger partial charge in [0, 0.05) is 29.0 Å². The summed E-state index contributed by atoms with van der Waals surface area (Å²) < 4.78 is 1.66. The number of H-pyrrole nitrogens is 1. The molecule has 32 heavy (non-hydrogen) atoms. The smallest absolute Gasteiger partial charge is 0.278 e. The fraction of sp³-hybridized carbons (Fsp3) is 0.208. The number of fused-ring (bicyclic) bond motifs is 1. The van der Waals surface area contributed by atoms with Gasteiger partial charge in [-0.05, 0) is 30.2 Å². The van der Waals surface area contributed by atoms with Crippen LogP contribution >= 0.6 is 23.4 Å². The lowest BCUT2D eigenvalue weighted by molar-refractivity contribution is -0.113. The van der Waals surface area contributed by atoms with E-state index >= 15 is 0 Å². The number of halogens is 1. The summed E-state index contributed by atoms with van der Waals surface area (Å²) in [5, 5.41) is 3.92. The number of carbonyl (C=O) groups excluding carboxylic acids is 1. The number of unbranched alkanes of at least 4 members (excludes halogenated alkanes) is 1. The third kappa shape index (κ3) is 4.89. The molecule has 0 fully saturated rings. The van der Waals surface area contributed by atoms with Crippen molar-refractivity contribution in [3.63, 3.8) is 0 Å². The van der Waals surface area contributed by atoms with E-state index in [9.17, 15) is 9.59 Å². The highest BCUT2D eigenvalue weighted by Crippen LogP contribution is 2.28. The number of nitrogens with one attached hydrogen (secondary N) is 2. The molecular weight excluding hydrogens is 444 g/mol. The standard InChI is InChI=1S/C24H23ClN4O2S/c1-2-3-12-29-23(31)22-21(19(14-26-22)16-8-5-4-6-9-16)28-24(29)32-15-20(30)27-18-11-7-10-17(25)13-18/h4-11,13-14,26H,2-3,12,15H2,1H3,(H,27,30). The first-order valence-corrected chi connectivity index (χ1v) is 11.8. The number of thioether (sulfide) groups is 1. The van der Waals surface area contributed by atoms with Crippen LogP contribution in [0.5, 0.6) is 0 Å². The normalized spacial score (nSPS) is 11.1. The Hall–Kier alpha value is -3.03. The molecule has 0 radical (unpaired) electrons. The molecule has 2 N–H and O–H groups in total. The monoisotopic (exact) mass is 466 g/mol. The lowest BCUT2D eigenvalue weighted by atomic mass is 10.1. The minimum absolute atomic E-state index is 0.122. The van der Waals surface area contributed by atoms with Crippen LogP contribution in [-0.4, -0.2) is 26.2 Å². The predicted octanol–water partition coefficient (Wildman–Crippen LogP) is 5.58. The topological polar surface area (TPSA) is 79.8 Å². The van der Waals surface area contributed by atoms with Crippen LogP contribution in [0.25, 0.3) is 22.2 Å². The third-order valence-corrected chi connectivity index (χ3v) is 6.22. The number of aromatic amines is 1. The molecule has 0 unspecified atom stereocenters. The number of rotatable bonds is 8. The largest absolute Gasteiger partial charge is 0.355 e. The fourth-order valence-electron chi connectivity index (χ4n) is 3.43. The van der Waals surface area contributed by atoms with Gasteiger partial charge in [0.15, 0.2) is 5.16 Å². The molecule has 2 heterocycles. The Morgan fingerprint density at radius 1 is 1.19 bits per heavy atom. The van der Waals surface area contributed by atoms with E-state index in [-0.39, 0.29) is 17.2 Å². The Labute approximate surface area is 195 Å². The van der Waals surface area contributed by atoms with E-state index in [1.54, 1.807) is 28.8 Å². The quantitative estimate of drug-likeness (QED) is 0.262. The maximum Gasteiger partial charge on any atom is 0.278 e. The van der Waals surface area contributed by atoms with Crippen LogP contribution in [0.3, 0.4) is 0 Å². The van der Waals surface area contributed by atoms with E-state index in [4.69, 9.17) is 16.6 Å². The molecule has 0 aliphatic rings. The molecule has 6 nitrogen and oxygen atoms in total. The molecule has 0 aliphatic heterocycles. The minimum Gasteiger partial charge on any atom is -0.355 e. The van der Waals surface area contributed by atoms with Crippen molar-refractivity contribution in [1.82, 2.24) is 14.5 Å². The second-order valence-corrected chi connectivity index (χ2v) is 8.72. The number of hydrogen-bond donors (Lipinski definition) is 2. The average molecular weight is 467 g/mol. The van der Waals surface area contributed by atoms with Crippen LogP contribution in [-0.2, 0) is 11.3 Å². The van der Waals surface area contributed by atoms with Crippen LogP contribution < -0.4 is 10.9 Å². The molecular formula is C24H23ClN4O2S. The Kier molecular flexibility index (Phi) is 6.97. The molecule has 4 aromatic rings. The van der Waals surface area contributed by atoms with Crippen molar-refractivity contribution in [2.24, 2.45) is 0 Å². The number of aromatic nitrogens is 3. The van der Waals surface area contributed by atoms with Crippen LogP contribution in [0.4, 0.5) is 5.69 Å². The van der Waals surface area contributed by atoms with Gasteiger partial charge in [0.25, 0.3) is 5.56 Å². The first kappa shape index (κ1) is 22.2. The van der Waals surface area contributed by atoms with Gasteiger partial charge in [-0.3, -0.25) is 14.2 Å². The zero-order valence-corrected chi connectivity index (χ0v) is 19.2. The molecule has 0 saturated carbocycles. The maximum absolute atomic E-state index is 13.2. The number of hydrogen-bond acceptors (Lipinski definition) is 4.